The Kier molecular flexibility index (Phi) is 4.96. The van der Waals surface area contributed by atoms with Crippen LogP contribution in [0.4, 0.5) is 13.9 Å². The van der Waals surface area contributed by atoms with Gasteiger partial charge in [-0.25, -0.2) is 13.8 Å². The van der Waals surface area contributed by atoms with Crippen molar-refractivity contribution in [1.29, 1.82) is 0 Å². The normalized spacial score (nSPS) is 27.3. The number of hydrogen-bond donors (Lipinski definition) is 0. The first-order valence-electron chi connectivity index (χ1n) is 10.4. The van der Waals surface area contributed by atoms with Crippen LogP contribution in [0.15, 0.2) is 35.6 Å². The maximum absolute atomic E-state index is 14.9. The first kappa shape index (κ1) is 20.9. The number of aryl methyl sites for hydroxylation is 1. The molecule has 2 aliphatic heterocycles. The van der Waals surface area contributed by atoms with E-state index < -0.39 is 36.0 Å². The average Bonchev–Trinajstić information content (AvgIpc) is 3.27. The van der Waals surface area contributed by atoms with Crippen LogP contribution in [-0.4, -0.2) is 34.7 Å². The Bertz CT molecular complexity index is 1190. The summed E-state index contributed by atoms with van der Waals surface area (Å²) in [6.45, 7) is 3.05. The minimum atomic E-state index is -1.12. The van der Waals surface area contributed by atoms with Gasteiger partial charge in [-0.05, 0) is 32.3 Å². The minimum Gasteiger partial charge on any atom is -0.483 e. The molecule has 4 atom stereocenters. The smallest absolute Gasteiger partial charge is 0.296 e. The third kappa shape index (κ3) is 3.09. The first-order valence-corrected chi connectivity index (χ1v) is 11.2. The lowest BCUT2D eigenvalue weighted by atomic mass is 9.77. The van der Waals surface area contributed by atoms with Crippen LogP contribution >= 0.6 is 11.3 Å². The maximum atomic E-state index is 14.9. The molecule has 5 rings (SSSR count). The molecule has 0 spiro atoms. The summed E-state index contributed by atoms with van der Waals surface area (Å²) in [5.41, 5.74) is 0.599. The second-order valence-electron chi connectivity index (χ2n) is 8.35. The molecule has 0 bridgehead atoms. The Balaban J connectivity index is 1.67. The van der Waals surface area contributed by atoms with Gasteiger partial charge in [0, 0.05) is 12.5 Å². The van der Waals surface area contributed by atoms with Crippen LogP contribution in [0.3, 0.4) is 0 Å². The third-order valence-electron chi connectivity index (χ3n) is 6.29. The van der Waals surface area contributed by atoms with Crippen molar-refractivity contribution in [2.45, 2.75) is 51.4 Å². The summed E-state index contributed by atoms with van der Waals surface area (Å²) in [7, 11) is 0. The third-order valence-corrected chi connectivity index (χ3v) is 7.55. The number of ether oxygens (including phenoxy) is 1. The van der Waals surface area contributed by atoms with E-state index in [4.69, 9.17) is 4.74 Å². The van der Waals surface area contributed by atoms with E-state index in [1.165, 1.54) is 30.0 Å². The first-order chi connectivity index (χ1) is 15.3. The van der Waals surface area contributed by atoms with Crippen molar-refractivity contribution in [3.8, 4) is 0 Å². The number of carbonyl (C=O) groups is 3. The zero-order valence-corrected chi connectivity index (χ0v) is 18.2. The van der Waals surface area contributed by atoms with Crippen molar-refractivity contribution in [2.24, 2.45) is 5.92 Å². The zero-order chi connectivity index (χ0) is 22.7. The maximum Gasteiger partial charge on any atom is 0.296 e. The van der Waals surface area contributed by atoms with E-state index in [9.17, 15) is 23.2 Å². The Labute approximate surface area is 186 Å². The van der Waals surface area contributed by atoms with Gasteiger partial charge in [-0.2, -0.15) is 0 Å². The molecule has 0 saturated heterocycles. The number of anilines is 1. The van der Waals surface area contributed by atoms with Crippen molar-refractivity contribution in [3.05, 3.63) is 57.5 Å². The number of nitrogens with zero attached hydrogens (tertiary/aromatic N) is 2. The topological polar surface area (TPSA) is 76.6 Å². The number of aromatic nitrogens is 1. The van der Waals surface area contributed by atoms with Crippen molar-refractivity contribution < 1.29 is 27.9 Å². The number of fused-ring (bicyclic) bond motifs is 1. The van der Waals surface area contributed by atoms with Gasteiger partial charge in [0.2, 0.25) is 0 Å². The highest BCUT2D eigenvalue weighted by Crippen LogP contribution is 2.49. The van der Waals surface area contributed by atoms with E-state index in [1.54, 1.807) is 13.0 Å². The lowest BCUT2D eigenvalue weighted by molar-refractivity contribution is -0.133. The summed E-state index contributed by atoms with van der Waals surface area (Å²) in [6, 6.07) is 4.78. The summed E-state index contributed by atoms with van der Waals surface area (Å²) in [5.74, 6) is -2.63. The second kappa shape index (κ2) is 7.58. The van der Waals surface area contributed by atoms with Gasteiger partial charge in [0.15, 0.2) is 22.5 Å². The highest BCUT2D eigenvalue weighted by molar-refractivity contribution is 7.17. The van der Waals surface area contributed by atoms with Crippen LogP contribution < -0.4 is 4.90 Å². The van der Waals surface area contributed by atoms with Gasteiger partial charge in [0.05, 0.1) is 22.1 Å². The van der Waals surface area contributed by atoms with Crippen molar-refractivity contribution >= 4 is 33.9 Å². The zero-order valence-electron chi connectivity index (χ0n) is 17.4. The van der Waals surface area contributed by atoms with E-state index in [2.05, 4.69) is 4.98 Å². The molecule has 3 aliphatic rings. The fourth-order valence-corrected chi connectivity index (χ4v) is 5.80. The van der Waals surface area contributed by atoms with E-state index >= 15 is 0 Å². The minimum absolute atomic E-state index is 0.0172. The van der Waals surface area contributed by atoms with Crippen LogP contribution in [0.25, 0.3) is 0 Å². The molecule has 1 saturated carbocycles. The number of Topliss-reactive ketones (excluding diaryl/α,β-unsaturated/α-hetero) is 2. The predicted octanol–water partition coefficient (Wildman–Crippen LogP) is 4.24. The van der Waals surface area contributed by atoms with E-state index in [0.717, 1.165) is 11.3 Å². The molecule has 6 nitrogen and oxygen atoms in total. The molecule has 4 unspecified atom stereocenters. The number of ketones is 2. The number of rotatable bonds is 3. The Morgan fingerprint density at radius 3 is 2.69 bits per heavy atom. The van der Waals surface area contributed by atoms with Gasteiger partial charge >= 0.3 is 0 Å². The summed E-state index contributed by atoms with van der Waals surface area (Å²) in [4.78, 5) is 45.0. The molecule has 1 aliphatic carbocycles. The van der Waals surface area contributed by atoms with E-state index in [1.807, 2.05) is 0 Å². The van der Waals surface area contributed by atoms with Gasteiger partial charge in [-0.15, -0.1) is 0 Å². The number of carbonyl (C=O) groups excluding carboxylic acids is 3. The summed E-state index contributed by atoms with van der Waals surface area (Å²) < 4.78 is 35.0. The highest BCUT2D eigenvalue weighted by Gasteiger charge is 2.54. The van der Waals surface area contributed by atoms with Gasteiger partial charge in [0.25, 0.3) is 5.91 Å². The number of alkyl halides is 1. The van der Waals surface area contributed by atoms with Gasteiger partial charge in [-0.3, -0.25) is 19.3 Å². The SMILES string of the molecule is CC(=O)c1sc(N2C(=O)C3=C(C(=O)C4CC(F)CCC4O3)C2c2ccccc2F)nc1C. The monoisotopic (exact) mass is 458 g/mol. The van der Waals surface area contributed by atoms with Crippen molar-refractivity contribution in [1.82, 2.24) is 4.98 Å². The predicted molar refractivity (Wildman–Crippen MR) is 113 cm³/mol. The number of thiazole rings is 1. The standard InChI is InChI=1S/C23H20F2N2O4S/c1-10-21(11(2)28)32-23(26-10)27-18(13-5-3-4-6-15(13)25)17-19(29)14-9-12(24)7-8-16(14)31-20(17)22(27)30/h3-6,12,14,16,18H,7-9H2,1-2H3. The molecule has 0 N–H and O–H groups in total. The largest absolute Gasteiger partial charge is 0.483 e. The molecular formula is C23H20F2N2O4S. The fourth-order valence-electron chi connectivity index (χ4n) is 4.82. The summed E-state index contributed by atoms with van der Waals surface area (Å²) >= 11 is 1.01. The molecule has 1 fully saturated rings. The molecule has 1 amide bonds. The average molecular weight is 458 g/mol. The van der Waals surface area contributed by atoms with Gasteiger partial charge in [-0.1, -0.05) is 29.5 Å². The number of hydrogen-bond acceptors (Lipinski definition) is 6. The van der Waals surface area contributed by atoms with Crippen molar-refractivity contribution in [3.63, 3.8) is 0 Å². The number of benzene rings is 1. The second-order valence-corrected chi connectivity index (χ2v) is 9.32. The Morgan fingerprint density at radius 1 is 1.25 bits per heavy atom. The van der Waals surface area contributed by atoms with E-state index in [0.29, 0.717) is 17.0 Å². The van der Waals surface area contributed by atoms with Crippen molar-refractivity contribution in [2.75, 3.05) is 4.90 Å². The molecule has 1 aromatic carbocycles. The van der Waals surface area contributed by atoms with Crippen LogP contribution in [0.5, 0.6) is 0 Å². The van der Waals surface area contributed by atoms with Crippen LogP contribution in [-0.2, 0) is 14.3 Å². The molecule has 9 heteroatoms. The highest BCUT2D eigenvalue weighted by atomic mass is 32.1. The van der Waals surface area contributed by atoms with Crippen LogP contribution in [0.1, 0.15) is 53.2 Å². The lowest BCUT2D eigenvalue weighted by Gasteiger charge is -2.36. The number of amides is 1. The quantitative estimate of drug-likeness (QED) is 0.643. The lowest BCUT2D eigenvalue weighted by Crippen LogP contribution is -2.42. The molecule has 1 aromatic heterocycles. The molecule has 166 valence electrons. The molecule has 0 radical (unpaired) electrons. The summed E-state index contributed by atoms with van der Waals surface area (Å²) in [6.07, 6.45) is -1.09. The fraction of sp³-hybridized carbons (Fsp3) is 0.391. The Morgan fingerprint density at radius 2 is 2.00 bits per heavy atom. The molecule has 2 aromatic rings. The Hall–Kier alpha value is -2.94. The van der Waals surface area contributed by atoms with Gasteiger partial charge in [0.1, 0.15) is 24.1 Å². The molecular weight excluding hydrogens is 438 g/mol. The van der Waals surface area contributed by atoms with Crippen LogP contribution in [0, 0.1) is 18.7 Å². The van der Waals surface area contributed by atoms with E-state index in [-0.39, 0.29) is 46.4 Å². The van der Waals surface area contributed by atoms with Gasteiger partial charge < -0.3 is 4.74 Å². The van der Waals surface area contributed by atoms with Crippen LogP contribution in [0.2, 0.25) is 0 Å². The summed E-state index contributed by atoms with van der Waals surface area (Å²) in [5, 5.41) is 0.183. The molecule has 3 heterocycles. The molecule has 32 heavy (non-hydrogen) atoms. The number of halogens is 2.